The Morgan fingerprint density at radius 3 is 2.19 bits per heavy atom. The van der Waals surface area contributed by atoms with Crippen LogP contribution in [0.4, 0.5) is 0 Å². The topological polar surface area (TPSA) is 61.8 Å². The van der Waals surface area contributed by atoms with Crippen LogP contribution in [0, 0.1) is 17.8 Å². The molecule has 0 amide bonds. The molecule has 3 aromatic rings. The van der Waals surface area contributed by atoms with Crippen molar-refractivity contribution in [1.82, 2.24) is 0 Å². The summed E-state index contributed by atoms with van der Waals surface area (Å²) in [6.07, 6.45) is 5.78. The summed E-state index contributed by atoms with van der Waals surface area (Å²) in [5, 5.41) is 2.21. The third-order valence-electron chi connectivity index (χ3n) is 7.85. The maximum atomic E-state index is 12.6. The average Bonchev–Trinajstić information content (AvgIpc) is 3.43. The lowest BCUT2D eigenvalue weighted by atomic mass is 9.90. The van der Waals surface area contributed by atoms with Crippen LogP contribution in [0.1, 0.15) is 44.1 Å². The van der Waals surface area contributed by atoms with E-state index >= 15 is 0 Å². The van der Waals surface area contributed by atoms with Crippen LogP contribution in [0.25, 0.3) is 10.8 Å². The fourth-order valence-corrected chi connectivity index (χ4v) is 6.33. The zero-order valence-corrected chi connectivity index (χ0v) is 21.5. The van der Waals surface area contributed by atoms with Crippen LogP contribution >= 0.6 is 11.6 Å². The van der Waals surface area contributed by atoms with Gasteiger partial charge in [-0.15, -0.1) is 0 Å². The number of carbonyl (C=O) groups excluding carboxylic acids is 2. The molecule has 0 heterocycles. The highest BCUT2D eigenvalue weighted by molar-refractivity contribution is 6.32. The molecule has 188 valence electrons. The first kappa shape index (κ1) is 24.6. The fraction of sp³-hybridized carbons (Fsp3) is 0.400. The van der Waals surface area contributed by atoms with Gasteiger partial charge < -0.3 is 14.2 Å². The van der Waals surface area contributed by atoms with Gasteiger partial charge in [-0.25, -0.2) is 0 Å². The van der Waals surface area contributed by atoms with Crippen LogP contribution in [-0.2, 0) is 16.0 Å². The summed E-state index contributed by atoms with van der Waals surface area (Å²) in [6.45, 7) is 0. The molecule has 6 heteroatoms. The molecule has 36 heavy (non-hydrogen) atoms. The third kappa shape index (κ3) is 5.08. The predicted octanol–water partition coefficient (Wildman–Crippen LogP) is 7.20. The molecule has 0 unspecified atom stereocenters. The van der Waals surface area contributed by atoms with Crippen molar-refractivity contribution in [2.45, 2.75) is 44.9 Å². The number of Topliss-reactive ketones (excluding diaryl/α,β-unsaturated/α-hetero) is 2. The highest BCUT2D eigenvalue weighted by Gasteiger charge is 2.42. The molecule has 2 bridgehead atoms. The van der Waals surface area contributed by atoms with E-state index in [2.05, 4.69) is 0 Å². The van der Waals surface area contributed by atoms with Gasteiger partial charge in [0.05, 0.1) is 25.7 Å². The molecule has 0 radical (unpaired) electrons. The zero-order chi connectivity index (χ0) is 25.2. The Morgan fingerprint density at radius 2 is 1.53 bits per heavy atom. The van der Waals surface area contributed by atoms with E-state index in [1.54, 1.807) is 26.4 Å². The Morgan fingerprint density at radius 1 is 0.833 bits per heavy atom. The number of hydrogen-bond donors (Lipinski definition) is 0. The second-order valence-corrected chi connectivity index (χ2v) is 10.4. The molecule has 2 aliphatic rings. The quantitative estimate of drug-likeness (QED) is 0.272. The van der Waals surface area contributed by atoms with Crippen LogP contribution in [0.5, 0.6) is 23.0 Å². The van der Waals surface area contributed by atoms with Gasteiger partial charge in [-0.3, -0.25) is 9.59 Å². The van der Waals surface area contributed by atoms with E-state index in [1.165, 1.54) is 25.7 Å². The molecule has 2 aliphatic carbocycles. The first-order chi connectivity index (χ1) is 17.4. The van der Waals surface area contributed by atoms with Gasteiger partial charge in [-0.05, 0) is 84.7 Å². The summed E-state index contributed by atoms with van der Waals surface area (Å²) in [5.74, 6) is 4.29. The monoisotopic (exact) mass is 506 g/mol. The minimum atomic E-state index is -0.0647. The van der Waals surface area contributed by atoms with E-state index in [-0.39, 0.29) is 24.4 Å². The first-order valence-corrected chi connectivity index (χ1v) is 13.0. The van der Waals surface area contributed by atoms with E-state index in [4.69, 9.17) is 25.8 Å². The van der Waals surface area contributed by atoms with Crippen molar-refractivity contribution >= 4 is 33.9 Å². The summed E-state index contributed by atoms with van der Waals surface area (Å²) < 4.78 is 17.0. The van der Waals surface area contributed by atoms with Crippen LogP contribution in [-0.4, -0.2) is 25.8 Å². The minimum Gasteiger partial charge on any atom is -0.493 e. The molecule has 0 saturated heterocycles. The van der Waals surface area contributed by atoms with Gasteiger partial charge in [0.15, 0.2) is 11.5 Å². The van der Waals surface area contributed by atoms with E-state index in [1.807, 2.05) is 36.4 Å². The standard InChI is InChI=1S/C30H31ClO5/c1-34-29-14-21-4-3-5-27(25(21)17-30(29)35-2)36-28-11-6-18(13-26(28)31)12-22(32)15-23(33)16-24-19-7-8-20(24)10-9-19/h3-6,11,13-14,17,19-20,24H,7-10,12,15-16H2,1-2H3. The van der Waals surface area contributed by atoms with E-state index in [0.717, 1.165) is 16.3 Å². The molecule has 2 fully saturated rings. The summed E-state index contributed by atoms with van der Waals surface area (Å²) >= 11 is 6.53. The van der Waals surface area contributed by atoms with E-state index in [0.29, 0.717) is 52.2 Å². The molecule has 0 N–H and O–H groups in total. The number of hydrogen-bond acceptors (Lipinski definition) is 5. The van der Waals surface area contributed by atoms with Crippen molar-refractivity contribution in [3.63, 3.8) is 0 Å². The highest BCUT2D eigenvalue weighted by Crippen LogP contribution is 2.50. The van der Waals surface area contributed by atoms with Gasteiger partial charge >= 0.3 is 0 Å². The Hall–Kier alpha value is -3.05. The van der Waals surface area contributed by atoms with Crippen LogP contribution < -0.4 is 14.2 Å². The summed E-state index contributed by atoms with van der Waals surface area (Å²) in [7, 11) is 3.20. The number of ketones is 2. The average molecular weight is 507 g/mol. The molecule has 5 nitrogen and oxygen atoms in total. The number of fused-ring (bicyclic) bond motifs is 3. The fourth-order valence-electron chi connectivity index (χ4n) is 6.08. The number of halogens is 1. The molecule has 3 aromatic carbocycles. The summed E-state index contributed by atoms with van der Waals surface area (Å²) in [6, 6.07) is 14.8. The number of benzene rings is 3. The van der Waals surface area contributed by atoms with E-state index in [9.17, 15) is 9.59 Å². The van der Waals surface area contributed by atoms with Gasteiger partial charge in [0.1, 0.15) is 23.1 Å². The first-order valence-electron chi connectivity index (χ1n) is 12.6. The van der Waals surface area contributed by atoms with Crippen molar-refractivity contribution in [2.24, 2.45) is 17.8 Å². The van der Waals surface area contributed by atoms with Crippen molar-refractivity contribution in [3.8, 4) is 23.0 Å². The SMILES string of the molecule is COc1cc2cccc(Oc3ccc(CC(=O)CC(=O)CC4C5CCC4CC5)cc3Cl)c2cc1OC. The molecule has 0 aromatic heterocycles. The second-order valence-electron chi connectivity index (χ2n) is 10.0. The maximum absolute atomic E-state index is 12.6. The lowest BCUT2D eigenvalue weighted by Crippen LogP contribution is -2.16. The van der Waals surface area contributed by atoms with Crippen molar-refractivity contribution in [3.05, 3.63) is 59.1 Å². The summed E-state index contributed by atoms with van der Waals surface area (Å²) in [4.78, 5) is 25.2. The highest BCUT2D eigenvalue weighted by atomic mass is 35.5. The Kier molecular flexibility index (Phi) is 7.20. The second kappa shape index (κ2) is 10.5. The van der Waals surface area contributed by atoms with Gasteiger partial charge in [-0.2, -0.15) is 0 Å². The zero-order valence-electron chi connectivity index (χ0n) is 20.7. The molecule has 0 atom stereocenters. The lowest BCUT2D eigenvalue weighted by molar-refractivity contribution is -0.127. The molecule has 0 spiro atoms. The van der Waals surface area contributed by atoms with Crippen LogP contribution in [0.3, 0.4) is 0 Å². The van der Waals surface area contributed by atoms with Crippen molar-refractivity contribution in [2.75, 3.05) is 14.2 Å². The normalized spacial score (nSPS) is 20.5. The van der Waals surface area contributed by atoms with Crippen molar-refractivity contribution < 1.29 is 23.8 Å². The third-order valence-corrected chi connectivity index (χ3v) is 8.14. The summed E-state index contributed by atoms with van der Waals surface area (Å²) in [5.41, 5.74) is 0.774. The van der Waals surface area contributed by atoms with E-state index < -0.39 is 0 Å². The van der Waals surface area contributed by atoms with Crippen molar-refractivity contribution in [1.29, 1.82) is 0 Å². The number of rotatable bonds is 10. The number of methoxy groups -OCH3 is 2. The van der Waals surface area contributed by atoms with Crippen LogP contribution in [0.15, 0.2) is 48.5 Å². The van der Waals surface area contributed by atoms with Gasteiger partial charge in [0.2, 0.25) is 0 Å². The lowest BCUT2D eigenvalue weighted by Gasteiger charge is -2.14. The maximum Gasteiger partial charge on any atom is 0.161 e. The number of ether oxygens (including phenoxy) is 3. The minimum absolute atomic E-state index is 0.00705. The largest absolute Gasteiger partial charge is 0.493 e. The smallest absolute Gasteiger partial charge is 0.161 e. The Bertz CT molecular complexity index is 1280. The molecule has 5 rings (SSSR count). The molecular weight excluding hydrogens is 476 g/mol. The molecule has 2 saturated carbocycles. The van der Waals surface area contributed by atoms with Crippen LogP contribution in [0.2, 0.25) is 5.02 Å². The van der Waals surface area contributed by atoms with Gasteiger partial charge in [0.25, 0.3) is 0 Å². The number of carbonyl (C=O) groups is 2. The Balaban J connectivity index is 1.24. The Labute approximate surface area is 216 Å². The van der Waals surface area contributed by atoms with Gasteiger partial charge in [0, 0.05) is 18.2 Å². The molecular formula is C30H31ClO5. The van der Waals surface area contributed by atoms with Gasteiger partial charge in [-0.1, -0.05) is 29.8 Å². The predicted molar refractivity (Wildman–Crippen MR) is 140 cm³/mol. The molecule has 0 aliphatic heterocycles.